The van der Waals surface area contributed by atoms with Crippen LogP contribution in [0, 0.1) is 0 Å². The Morgan fingerprint density at radius 1 is 1.59 bits per heavy atom. The predicted molar refractivity (Wildman–Crippen MR) is 66.9 cm³/mol. The smallest absolute Gasteiger partial charge is 0.407 e. The lowest BCUT2D eigenvalue weighted by atomic mass is 10.2. The summed E-state index contributed by atoms with van der Waals surface area (Å²) in [5.74, 6) is 0. The van der Waals surface area contributed by atoms with E-state index in [-0.39, 0.29) is 6.54 Å². The largest absolute Gasteiger partial charge is 0.444 e. The molecule has 17 heavy (non-hydrogen) atoms. The average Bonchev–Trinajstić information content (AvgIpc) is 2.69. The number of thiophene rings is 1. The zero-order valence-corrected chi connectivity index (χ0v) is 10.9. The summed E-state index contributed by atoms with van der Waals surface area (Å²) in [7, 11) is 0. The Labute approximate surface area is 104 Å². The maximum absolute atomic E-state index is 11.4. The van der Waals surface area contributed by atoms with Crippen LogP contribution in [0.5, 0.6) is 0 Å². The van der Waals surface area contributed by atoms with Crippen LogP contribution in [0.3, 0.4) is 0 Å². The van der Waals surface area contributed by atoms with E-state index in [1.807, 2.05) is 17.5 Å². The molecule has 0 atom stereocenters. The first-order valence-electron chi connectivity index (χ1n) is 5.14. The van der Waals surface area contributed by atoms with Crippen LogP contribution < -0.4 is 5.32 Å². The van der Waals surface area contributed by atoms with Crippen molar-refractivity contribution >= 4 is 23.1 Å². The molecule has 1 aromatic heterocycles. The summed E-state index contributed by atoms with van der Waals surface area (Å²) in [6, 6.07) is 3.66. The second kappa shape index (κ2) is 5.67. The van der Waals surface area contributed by atoms with Crippen molar-refractivity contribution in [1.82, 2.24) is 5.32 Å². The standard InChI is InChI=1S/C11H16N2O3S/c1-11(2,3)16-10(14)12-7-8(13-15)9-5-4-6-17-9/h4-6,15H,7H2,1-3H3,(H,12,14)/b13-8-. The number of hydrogen-bond donors (Lipinski definition) is 2. The maximum atomic E-state index is 11.4. The number of rotatable bonds is 3. The highest BCUT2D eigenvalue weighted by atomic mass is 32.1. The van der Waals surface area contributed by atoms with Crippen LogP contribution in [0.25, 0.3) is 0 Å². The molecule has 1 rings (SSSR count). The lowest BCUT2D eigenvalue weighted by Gasteiger charge is -2.19. The highest BCUT2D eigenvalue weighted by molar-refractivity contribution is 7.12. The molecular formula is C11H16N2O3S. The van der Waals surface area contributed by atoms with Gasteiger partial charge in [-0.2, -0.15) is 0 Å². The fraction of sp³-hybridized carbons (Fsp3) is 0.455. The summed E-state index contributed by atoms with van der Waals surface area (Å²) in [5, 5.41) is 16.4. The lowest BCUT2D eigenvalue weighted by molar-refractivity contribution is 0.0536. The molecule has 0 aromatic carbocycles. The minimum absolute atomic E-state index is 0.131. The summed E-state index contributed by atoms with van der Waals surface area (Å²) in [4.78, 5) is 12.2. The zero-order valence-electron chi connectivity index (χ0n) is 10.1. The molecule has 1 amide bonds. The van der Waals surface area contributed by atoms with Gasteiger partial charge in [-0.1, -0.05) is 11.2 Å². The third kappa shape index (κ3) is 4.86. The van der Waals surface area contributed by atoms with Crippen LogP contribution >= 0.6 is 11.3 Å². The van der Waals surface area contributed by atoms with Crippen molar-refractivity contribution in [1.29, 1.82) is 0 Å². The molecule has 0 bridgehead atoms. The van der Waals surface area contributed by atoms with E-state index >= 15 is 0 Å². The van der Waals surface area contributed by atoms with Gasteiger partial charge in [0, 0.05) is 0 Å². The summed E-state index contributed by atoms with van der Waals surface area (Å²) in [6.07, 6.45) is -0.532. The molecule has 0 fully saturated rings. The Kier molecular flexibility index (Phi) is 4.51. The molecule has 0 saturated carbocycles. The Hall–Kier alpha value is -1.56. The molecule has 5 nitrogen and oxygen atoms in total. The zero-order chi connectivity index (χ0) is 12.9. The fourth-order valence-electron chi connectivity index (χ4n) is 1.08. The van der Waals surface area contributed by atoms with Crippen LogP contribution in [-0.2, 0) is 4.74 Å². The van der Waals surface area contributed by atoms with Crippen LogP contribution in [0.4, 0.5) is 4.79 Å². The summed E-state index contributed by atoms with van der Waals surface area (Å²) >= 11 is 1.44. The van der Waals surface area contributed by atoms with Crippen LogP contribution in [0.15, 0.2) is 22.7 Å². The highest BCUT2D eigenvalue weighted by Gasteiger charge is 2.16. The van der Waals surface area contributed by atoms with Gasteiger partial charge < -0.3 is 15.3 Å². The van der Waals surface area contributed by atoms with Gasteiger partial charge in [0.05, 0.1) is 11.4 Å². The van der Waals surface area contributed by atoms with Gasteiger partial charge in [0.25, 0.3) is 0 Å². The molecule has 0 unspecified atom stereocenters. The number of nitrogens with zero attached hydrogens (tertiary/aromatic N) is 1. The van der Waals surface area contributed by atoms with Crippen molar-refractivity contribution in [2.24, 2.45) is 5.16 Å². The SMILES string of the molecule is CC(C)(C)OC(=O)NC/C(=N/O)c1cccs1. The van der Waals surface area contributed by atoms with Gasteiger partial charge in [-0.15, -0.1) is 11.3 Å². The third-order valence-electron chi connectivity index (χ3n) is 1.73. The summed E-state index contributed by atoms with van der Waals surface area (Å²) < 4.78 is 5.07. The monoisotopic (exact) mass is 256 g/mol. The maximum Gasteiger partial charge on any atom is 0.407 e. The summed E-state index contributed by atoms with van der Waals surface area (Å²) in [6.45, 7) is 5.48. The summed E-state index contributed by atoms with van der Waals surface area (Å²) in [5.41, 5.74) is -0.130. The van der Waals surface area contributed by atoms with Crippen LogP contribution in [0.2, 0.25) is 0 Å². The number of ether oxygens (including phenoxy) is 1. The van der Waals surface area contributed by atoms with Crippen LogP contribution in [-0.4, -0.2) is 29.2 Å². The molecule has 0 aliphatic carbocycles. The van der Waals surface area contributed by atoms with Gasteiger partial charge >= 0.3 is 6.09 Å². The van der Waals surface area contributed by atoms with E-state index in [4.69, 9.17) is 9.94 Å². The van der Waals surface area contributed by atoms with E-state index in [1.54, 1.807) is 20.8 Å². The fourth-order valence-corrected chi connectivity index (χ4v) is 1.79. The van der Waals surface area contributed by atoms with Crippen molar-refractivity contribution in [3.05, 3.63) is 22.4 Å². The van der Waals surface area contributed by atoms with E-state index in [0.29, 0.717) is 5.71 Å². The first kappa shape index (κ1) is 13.5. The van der Waals surface area contributed by atoms with E-state index in [9.17, 15) is 4.79 Å². The van der Waals surface area contributed by atoms with E-state index in [1.165, 1.54) is 11.3 Å². The Balaban J connectivity index is 2.48. The molecule has 6 heteroatoms. The second-order valence-electron chi connectivity index (χ2n) is 4.38. The number of carbonyl (C=O) groups is 1. The highest BCUT2D eigenvalue weighted by Crippen LogP contribution is 2.10. The Bertz CT molecular complexity index is 393. The minimum atomic E-state index is -0.538. The molecule has 0 aliphatic rings. The first-order chi connectivity index (χ1) is 7.92. The van der Waals surface area contributed by atoms with Crippen molar-refractivity contribution in [2.45, 2.75) is 26.4 Å². The molecule has 1 heterocycles. The van der Waals surface area contributed by atoms with E-state index in [0.717, 1.165) is 4.88 Å². The number of amides is 1. The number of nitrogens with one attached hydrogen (secondary N) is 1. The number of carbonyl (C=O) groups excluding carboxylic acids is 1. The number of oxime groups is 1. The van der Waals surface area contributed by atoms with Gasteiger partial charge in [-0.05, 0) is 32.2 Å². The van der Waals surface area contributed by atoms with Gasteiger partial charge in [0.2, 0.25) is 0 Å². The van der Waals surface area contributed by atoms with Gasteiger partial charge in [0.15, 0.2) is 0 Å². The van der Waals surface area contributed by atoms with E-state index in [2.05, 4.69) is 10.5 Å². The normalized spacial score (nSPS) is 12.3. The van der Waals surface area contributed by atoms with Crippen molar-refractivity contribution in [2.75, 3.05) is 6.54 Å². The molecule has 2 N–H and O–H groups in total. The molecule has 0 aliphatic heterocycles. The van der Waals surface area contributed by atoms with E-state index < -0.39 is 11.7 Å². The van der Waals surface area contributed by atoms with Gasteiger partial charge in [-0.3, -0.25) is 0 Å². The van der Waals surface area contributed by atoms with Crippen molar-refractivity contribution in [3.8, 4) is 0 Å². The van der Waals surface area contributed by atoms with Crippen molar-refractivity contribution in [3.63, 3.8) is 0 Å². The average molecular weight is 256 g/mol. The topological polar surface area (TPSA) is 70.9 Å². The second-order valence-corrected chi connectivity index (χ2v) is 5.33. The van der Waals surface area contributed by atoms with Crippen molar-refractivity contribution < 1.29 is 14.7 Å². The molecule has 0 saturated heterocycles. The molecule has 0 spiro atoms. The third-order valence-corrected chi connectivity index (χ3v) is 2.64. The lowest BCUT2D eigenvalue weighted by Crippen LogP contribution is -2.35. The quantitative estimate of drug-likeness (QED) is 0.496. The number of hydrogen-bond acceptors (Lipinski definition) is 5. The molecular weight excluding hydrogens is 240 g/mol. The Morgan fingerprint density at radius 2 is 2.29 bits per heavy atom. The van der Waals surface area contributed by atoms with Gasteiger partial charge in [0.1, 0.15) is 11.3 Å². The van der Waals surface area contributed by atoms with Gasteiger partial charge in [-0.25, -0.2) is 4.79 Å². The molecule has 94 valence electrons. The molecule has 0 radical (unpaired) electrons. The molecule has 1 aromatic rings. The first-order valence-corrected chi connectivity index (χ1v) is 6.02. The minimum Gasteiger partial charge on any atom is -0.444 e. The predicted octanol–water partition coefficient (Wildman–Crippen LogP) is 2.45. The number of alkyl carbamates (subject to hydrolysis) is 1. The van der Waals surface area contributed by atoms with Crippen LogP contribution in [0.1, 0.15) is 25.6 Å². The Morgan fingerprint density at radius 3 is 2.76 bits per heavy atom.